The molecule has 3 aliphatic heterocycles. The van der Waals surface area contributed by atoms with Crippen LogP contribution in [0.1, 0.15) is 59.8 Å². The molecule has 2 saturated heterocycles. The number of pyridine rings is 1. The third-order valence-electron chi connectivity index (χ3n) is 11.0. The minimum absolute atomic E-state index is 0.0914. The number of piperazine rings is 1. The topological polar surface area (TPSA) is 143 Å². The monoisotopic (exact) mass is 746 g/mol. The fourth-order valence-corrected chi connectivity index (χ4v) is 8.08. The van der Waals surface area contributed by atoms with E-state index in [-0.39, 0.29) is 12.3 Å². The number of benzene rings is 1. The number of aromatic nitrogens is 3. The van der Waals surface area contributed by atoms with Crippen LogP contribution in [-0.4, -0.2) is 141 Å². The zero-order valence-electron chi connectivity index (χ0n) is 32.5. The van der Waals surface area contributed by atoms with Gasteiger partial charge in [-0.1, -0.05) is 6.07 Å². The van der Waals surface area contributed by atoms with Gasteiger partial charge in [-0.3, -0.25) is 9.69 Å². The van der Waals surface area contributed by atoms with Crippen LogP contribution in [0.3, 0.4) is 0 Å². The van der Waals surface area contributed by atoms with E-state index in [1.165, 1.54) is 12.0 Å². The van der Waals surface area contributed by atoms with Crippen molar-refractivity contribution in [3.63, 3.8) is 0 Å². The first-order valence-corrected chi connectivity index (χ1v) is 20.1. The molecule has 3 aromatic rings. The Kier molecular flexibility index (Phi) is 15.1. The highest BCUT2D eigenvalue weighted by Crippen LogP contribution is 2.32. The first kappa shape index (κ1) is 40.1. The van der Waals surface area contributed by atoms with Crippen LogP contribution >= 0.6 is 0 Å². The standard InChI is InChI=1S/C41H62N8O5/c1-31-24-32(2)49(45-31)39-26-35(25-38(28-39)48-15-13-46(14-16-48)17-19-53-21-23-54-22-20-52-18-10-42)36(27-40(50)51)30-47-12-9-33(29-47)5-7-37-8-6-34-4-3-11-43-41(34)44-37/h6,8,24-26,28,33,36H,3-5,7,9-23,27,29-30,42H2,1-2H3,(H,43,44)(H,50,51). The molecule has 0 bridgehead atoms. The largest absolute Gasteiger partial charge is 0.481 e. The summed E-state index contributed by atoms with van der Waals surface area (Å²) in [5.41, 5.74) is 13.1. The molecule has 4 N–H and O–H groups in total. The Morgan fingerprint density at radius 2 is 1.70 bits per heavy atom. The summed E-state index contributed by atoms with van der Waals surface area (Å²) >= 11 is 0. The first-order chi connectivity index (χ1) is 26.3. The summed E-state index contributed by atoms with van der Waals surface area (Å²) in [7, 11) is 0. The highest BCUT2D eigenvalue weighted by Gasteiger charge is 2.28. The lowest BCUT2D eigenvalue weighted by Crippen LogP contribution is -2.47. The fourth-order valence-electron chi connectivity index (χ4n) is 8.08. The number of carbonyl (C=O) groups is 1. The van der Waals surface area contributed by atoms with Crippen LogP contribution in [0, 0.1) is 19.8 Å². The Bertz CT molecular complexity index is 1630. The maximum absolute atomic E-state index is 12.3. The van der Waals surface area contributed by atoms with E-state index in [9.17, 15) is 9.90 Å². The second kappa shape index (κ2) is 20.4. The molecule has 2 atom stereocenters. The zero-order chi connectivity index (χ0) is 37.7. The number of nitrogens with two attached hydrogens (primary N) is 1. The molecule has 0 saturated carbocycles. The van der Waals surface area contributed by atoms with Gasteiger partial charge in [0.15, 0.2) is 0 Å². The van der Waals surface area contributed by atoms with Gasteiger partial charge in [0.25, 0.3) is 0 Å². The molecule has 1 aromatic carbocycles. The van der Waals surface area contributed by atoms with Gasteiger partial charge in [0.05, 0.1) is 57.4 Å². The quantitative estimate of drug-likeness (QED) is 0.136. The van der Waals surface area contributed by atoms with Crippen LogP contribution in [0.15, 0.2) is 36.4 Å². The Hall–Kier alpha value is -3.59. The van der Waals surface area contributed by atoms with Gasteiger partial charge < -0.3 is 40.2 Å². The number of aliphatic carboxylic acids is 1. The van der Waals surface area contributed by atoms with E-state index in [4.69, 9.17) is 30.0 Å². The van der Waals surface area contributed by atoms with Gasteiger partial charge in [0.2, 0.25) is 0 Å². The molecule has 13 nitrogen and oxygen atoms in total. The van der Waals surface area contributed by atoms with Crippen molar-refractivity contribution in [2.24, 2.45) is 11.7 Å². The molecule has 5 heterocycles. The van der Waals surface area contributed by atoms with E-state index < -0.39 is 5.97 Å². The predicted molar refractivity (Wildman–Crippen MR) is 212 cm³/mol. The van der Waals surface area contributed by atoms with E-state index in [1.54, 1.807) is 0 Å². The second-order valence-corrected chi connectivity index (χ2v) is 15.2. The van der Waals surface area contributed by atoms with Gasteiger partial charge in [0, 0.05) is 81.9 Å². The molecule has 2 fully saturated rings. The Morgan fingerprint density at radius 3 is 2.44 bits per heavy atom. The van der Waals surface area contributed by atoms with E-state index in [0.717, 1.165) is 124 Å². The van der Waals surface area contributed by atoms with Crippen LogP contribution in [0.2, 0.25) is 0 Å². The molecule has 13 heteroatoms. The molecule has 6 rings (SSSR count). The average molecular weight is 747 g/mol. The minimum Gasteiger partial charge on any atom is -0.481 e. The predicted octanol–water partition coefficient (Wildman–Crippen LogP) is 3.89. The molecule has 296 valence electrons. The molecule has 0 aliphatic carbocycles. The maximum Gasteiger partial charge on any atom is 0.304 e. The number of nitrogens with zero attached hydrogens (tertiary/aromatic N) is 6. The number of carboxylic acids is 1. The van der Waals surface area contributed by atoms with Gasteiger partial charge in [-0.15, -0.1) is 0 Å². The summed E-state index contributed by atoms with van der Waals surface area (Å²) in [5, 5.41) is 18.4. The fraction of sp³-hybridized carbons (Fsp3) is 0.634. The average Bonchev–Trinajstić information content (AvgIpc) is 3.78. The van der Waals surface area contributed by atoms with Crippen LogP contribution in [-0.2, 0) is 31.8 Å². The van der Waals surface area contributed by atoms with Gasteiger partial charge in [0.1, 0.15) is 5.82 Å². The Balaban J connectivity index is 1.06. The van der Waals surface area contributed by atoms with Gasteiger partial charge in [-0.2, -0.15) is 5.10 Å². The van der Waals surface area contributed by atoms with Crippen molar-refractivity contribution >= 4 is 17.5 Å². The summed E-state index contributed by atoms with van der Waals surface area (Å²) in [6.07, 6.45) is 5.57. The lowest BCUT2D eigenvalue weighted by Gasteiger charge is -2.36. The first-order valence-electron chi connectivity index (χ1n) is 20.1. The van der Waals surface area contributed by atoms with Crippen molar-refractivity contribution < 1.29 is 24.1 Å². The summed E-state index contributed by atoms with van der Waals surface area (Å²) in [6.45, 7) is 16.3. The van der Waals surface area contributed by atoms with Crippen LogP contribution in [0.25, 0.3) is 5.69 Å². The molecular weight excluding hydrogens is 685 g/mol. The number of aryl methyl sites for hydroxylation is 4. The molecule has 2 unspecified atom stereocenters. The van der Waals surface area contributed by atoms with Crippen LogP contribution < -0.4 is 16.0 Å². The number of likely N-dealkylation sites (tertiary alicyclic amines) is 1. The summed E-state index contributed by atoms with van der Waals surface area (Å²) in [5.74, 6) is 0.752. The number of hydrogen-bond acceptors (Lipinski definition) is 11. The summed E-state index contributed by atoms with van der Waals surface area (Å²) < 4.78 is 18.7. The van der Waals surface area contributed by atoms with Gasteiger partial charge in [-0.25, -0.2) is 9.67 Å². The van der Waals surface area contributed by atoms with Gasteiger partial charge in [-0.05, 0) is 99.9 Å². The third kappa shape index (κ3) is 11.7. The van der Waals surface area contributed by atoms with E-state index >= 15 is 0 Å². The maximum atomic E-state index is 12.3. The van der Waals surface area contributed by atoms with Crippen molar-refractivity contribution in [1.82, 2.24) is 24.6 Å². The number of ether oxygens (including phenoxy) is 3. The molecule has 3 aliphatic rings. The normalized spacial score (nSPS) is 18.5. The molecule has 2 aromatic heterocycles. The van der Waals surface area contributed by atoms with E-state index in [1.807, 2.05) is 11.6 Å². The molecular formula is C41H62N8O5. The molecule has 0 spiro atoms. The highest BCUT2D eigenvalue weighted by atomic mass is 16.5. The number of fused-ring (bicyclic) bond motifs is 1. The van der Waals surface area contributed by atoms with Crippen molar-refractivity contribution in [2.45, 2.75) is 58.3 Å². The lowest BCUT2D eigenvalue weighted by atomic mass is 9.93. The second-order valence-electron chi connectivity index (χ2n) is 15.2. The number of rotatable bonds is 21. The number of hydrogen-bond donors (Lipinski definition) is 3. The summed E-state index contributed by atoms with van der Waals surface area (Å²) in [6, 6.07) is 13.2. The molecule has 0 radical (unpaired) electrons. The SMILES string of the molecule is Cc1cc(C)n(-c2cc(C(CC(=O)O)CN3CCC(CCc4ccc5c(n4)NCCC5)C3)cc(N3CCN(CCOCCOCCOCCN)CC3)c2)n1. The summed E-state index contributed by atoms with van der Waals surface area (Å²) in [4.78, 5) is 24.6. The van der Waals surface area contributed by atoms with Crippen molar-refractivity contribution in [3.8, 4) is 5.69 Å². The minimum atomic E-state index is -0.764. The number of anilines is 2. The number of nitrogens with one attached hydrogen (secondary N) is 1. The van der Waals surface area contributed by atoms with Crippen molar-refractivity contribution in [2.75, 3.05) is 115 Å². The van der Waals surface area contributed by atoms with Crippen molar-refractivity contribution in [3.05, 3.63) is 64.6 Å². The van der Waals surface area contributed by atoms with E-state index in [2.05, 4.69) is 63.3 Å². The zero-order valence-corrected chi connectivity index (χ0v) is 32.5. The van der Waals surface area contributed by atoms with E-state index in [0.29, 0.717) is 52.1 Å². The Labute approximate surface area is 321 Å². The highest BCUT2D eigenvalue weighted by molar-refractivity contribution is 5.69. The lowest BCUT2D eigenvalue weighted by molar-refractivity contribution is -0.137. The van der Waals surface area contributed by atoms with Crippen LogP contribution in [0.5, 0.6) is 0 Å². The van der Waals surface area contributed by atoms with Gasteiger partial charge >= 0.3 is 5.97 Å². The van der Waals surface area contributed by atoms with Crippen molar-refractivity contribution in [1.29, 1.82) is 0 Å². The smallest absolute Gasteiger partial charge is 0.304 e. The third-order valence-corrected chi connectivity index (χ3v) is 11.0. The molecule has 54 heavy (non-hydrogen) atoms. The number of carboxylic acid groups (broad SMARTS) is 1. The van der Waals surface area contributed by atoms with Crippen LogP contribution in [0.4, 0.5) is 11.5 Å². The Morgan fingerprint density at radius 1 is 0.944 bits per heavy atom. The molecule has 0 amide bonds.